The van der Waals surface area contributed by atoms with Crippen LogP contribution < -0.4 is 10.9 Å². The van der Waals surface area contributed by atoms with Crippen LogP contribution in [0.3, 0.4) is 0 Å². The van der Waals surface area contributed by atoms with Crippen molar-refractivity contribution >= 4 is 5.91 Å². The Balaban J connectivity index is 2.57. The van der Waals surface area contributed by atoms with Gasteiger partial charge in [0, 0.05) is 24.2 Å². The fourth-order valence-corrected chi connectivity index (χ4v) is 1.85. The number of nitrogens with zero attached hydrogens (tertiary/aromatic N) is 1. The number of carbonyl (C=O) groups excluding carboxylic acids is 1. The molecule has 3 N–H and O–H groups in total. The van der Waals surface area contributed by atoms with E-state index in [-0.39, 0.29) is 30.3 Å². The van der Waals surface area contributed by atoms with E-state index in [4.69, 9.17) is 0 Å². The molecule has 1 amide bonds. The summed E-state index contributed by atoms with van der Waals surface area (Å²) in [6, 6.07) is 0. The first kappa shape index (κ1) is 17.4. The molecule has 1 heterocycles. The molecule has 0 bridgehead atoms. The third kappa shape index (κ3) is 4.97. The second-order valence-electron chi connectivity index (χ2n) is 6.00. The first-order valence-corrected chi connectivity index (χ1v) is 7.19. The van der Waals surface area contributed by atoms with Gasteiger partial charge in [0.2, 0.25) is 5.91 Å². The maximum absolute atomic E-state index is 11.8. The summed E-state index contributed by atoms with van der Waals surface area (Å²) in [6.07, 6.45) is 0.535. The van der Waals surface area contributed by atoms with E-state index in [0.29, 0.717) is 23.5 Å². The van der Waals surface area contributed by atoms with Crippen LogP contribution >= 0.6 is 0 Å². The lowest BCUT2D eigenvalue weighted by Crippen LogP contribution is -2.44. The third-order valence-corrected chi connectivity index (χ3v) is 3.83. The molecule has 0 aromatic carbocycles. The third-order valence-electron chi connectivity index (χ3n) is 3.83. The van der Waals surface area contributed by atoms with Crippen LogP contribution in [-0.4, -0.2) is 33.1 Å². The molecule has 0 spiro atoms. The number of amides is 1. The van der Waals surface area contributed by atoms with Gasteiger partial charge in [-0.1, -0.05) is 13.8 Å². The highest BCUT2D eigenvalue weighted by Crippen LogP contribution is 2.14. The Morgan fingerprint density at radius 3 is 2.57 bits per heavy atom. The predicted octanol–water partition coefficient (Wildman–Crippen LogP) is 0.843. The normalized spacial score (nSPS) is 14.0. The lowest BCUT2D eigenvalue weighted by atomic mass is 9.92. The molecule has 0 saturated heterocycles. The van der Waals surface area contributed by atoms with Crippen molar-refractivity contribution in [3.63, 3.8) is 0 Å². The zero-order chi connectivity index (χ0) is 16.2. The highest BCUT2D eigenvalue weighted by Gasteiger charge is 2.25. The van der Waals surface area contributed by atoms with Crippen molar-refractivity contribution in [1.29, 1.82) is 0 Å². The molecule has 1 rings (SSSR count). The first-order chi connectivity index (χ1) is 9.63. The summed E-state index contributed by atoms with van der Waals surface area (Å²) in [5.74, 6) is 0.429. The van der Waals surface area contributed by atoms with Gasteiger partial charge in [0.25, 0.3) is 5.56 Å². The maximum atomic E-state index is 11.8. The van der Waals surface area contributed by atoms with E-state index in [1.165, 1.54) is 0 Å². The van der Waals surface area contributed by atoms with Crippen molar-refractivity contribution in [2.24, 2.45) is 5.92 Å². The van der Waals surface area contributed by atoms with Crippen LogP contribution in [0.1, 0.15) is 44.3 Å². The van der Waals surface area contributed by atoms with Crippen molar-refractivity contribution < 1.29 is 9.90 Å². The molecule has 1 aromatic heterocycles. The van der Waals surface area contributed by atoms with Crippen molar-refractivity contribution in [3.05, 3.63) is 27.4 Å². The minimum atomic E-state index is -0.936. The molecule has 1 aromatic rings. The molecule has 1 atom stereocenters. The summed E-state index contributed by atoms with van der Waals surface area (Å²) in [5, 5.41) is 12.8. The molecule has 0 aliphatic carbocycles. The van der Waals surface area contributed by atoms with E-state index in [9.17, 15) is 14.7 Å². The van der Waals surface area contributed by atoms with Gasteiger partial charge in [-0.2, -0.15) is 0 Å². The van der Waals surface area contributed by atoms with Crippen molar-refractivity contribution in [2.75, 3.05) is 6.54 Å². The first-order valence-electron chi connectivity index (χ1n) is 7.19. The topological polar surface area (TPSA) is 95.1 Å². The average molecular weight is 295 g/mol. The van der Waals surface area contributed by atoms with Gasteiger partial charge in [-0.25, -0.2) is 4.98 Å². The van der Waals surface area contributed by atoms with E-state index in [1.807, 2.05) is 13.8 Å². The fourth-order valence-electron chi connectivity index (χ4n) is 1.85. The van der Waals surface area contributed by atoms with Crippen LogP contribution in [0, 0.1) is 19.8 Å². The van der Waals surface area contributed by atoms with Gasteiger partial charge < -0.3 is 15.4 Å². The van der Waals surface area contributed by atoms with E-state index >= 15 is 0 Å². The zero-order valence-electron chi connectivity index (χ0n) is 13.4. The summed E-state index contributed by atoms with van der Waals surface area (Å²) in [6.45, 7) is 9.17. The molecule has 0 saturated carbocycles. The lowest BCUT2D eigenvalue weighted by molar-refractivity contribution is -0.122. The van der Waals surface area contributed by atoms with Gasteiger partial charge in [-0.05, 0) is 33.1 Å². The average Bonchev–Trinajstić information content (AvgIpc) is 2.35. The van der Waals surface area contributed by atoms with Crippen molar-refractivity contribution in [1.82, 2.24) is 15.3 Å². The number of H-pyrrole nitrogens is 1. The van der Waals surface area contributed by atoms with Crippen LogP contribution in [0.5, 0.6) is 0 Å². The Morgan fingerprint density at radius 1 is 1.43 bits per heavy atom. The largest absolute Gasteiger partial charge is 0.388 e. The molecule has 0 aliphatic rings. The molecule has 0 fully saturated rings. The zero-order valence-corrected chi connectivity index (χ0v) is 13.4. The SMILES string of the molecule is Cc1nc(C)c(CCC(=O)NCC(C)(O)C(C)C)c(=O)[nH]1. The fraction of sp³-hybridized carbons (Fsp3) is 0.667. The van der Waals surface area contributed by atoms with E-state index in [1.54, 1.807) is 20.8 Å². The van der Waals surface area contributed by atoms with Crippen molar-refractivity contribution in [2.45, 2.75) is 53.1 Å². The Kier molecular flexibility index (Phi) is 5.66. The molecule has 0 radical (unpaired) electrons. The molecule has 0 aliphatic heterocycles. The maximum Gasteiger partial charge on any atom is 0.254 e. The number of carbonyl (C=O) groups is 1. The number of aromatic amines is 1. The van der Waals surface area contributed by atoms with Crippen LogP contribution in [0.2, 0.25) is 0 Å². The molecule has 6 nitrogen and oxygen atoms in total. The summed E-state index contributed by atoms with van der Waals surface area (Å²) in [5.41, 5.74) is 0.0561. The highest BCUT2D eigenvalue weighted by molar-refractivity contribution is 5.76. The Bertz CT molecular complexity index is 562. The number of rotatable bonds is 6. The summed E-state index contributed by atoms with van der Waals surface area (Å²) in [4.78, 5) is 30.5. The Labute approximate surface area is 125 Å². The molecular formula is C15H25N3O3. The smallest absolute Gasteiger partial charge is 0.254 e. The number of nitrogens with one attached hydrogen (secondary N) is 2. The Morgan fingerprint density at radius 2 is 2.05 bits per heavy atom. The molecule has 21 heavy (non-hydrogen) atoms. The Hall–Kier alpha value is -1.69. The van der Waals surface area contributed by atoms with E-state index < -0.39 is 5.60 Å². The monoisotopic (exact) mass is 295 g/mol. The van der Waals surface area contributed by atoms with Gasteiger partial charge in [0.1, 0.15) is 5.82 Å². The van der Waals surface area contributed by atoms with Crippen LogP contribution in [0.4, 0.5) is 0 Å². The minimum Gasteiger partial charge on any atom is -0.388 e. The predicted molar refractivity (Wildman–Crippen MR) is 81.1 cm³/mol. The highest BCUT2D eigenvalue weighted by atomic mass is 16.3. The van der Waals surface area contributed by atoms with Gasteiger partial charge >= 0.3 is 0 Å². The number of aromatic nitrogens is 2. The van der Waals surface area contributed by atoms with Gasteiger partial charge in [0.15, 0.2) is 0 Å². The summed E-state index contributed by atoms with van der Waals surface area (Å²) < 4.78 is 0. The summed E-state index contributed by atoms with van der Waals surface area (Å²) >= 11 is 0. The van der Waals surface area contributed by atoms with Gasteiger partial charge in [0.05, 0.1) is 5.60 Å². The number of hydrogen-bond acceptors (Lipinski definition) is 4. The van der Waals surface area contributed by atoms with E-state index in [0.717, 1.165) is 0 Å². The van der Waals surface area contributed by atoms with Gasteiger partial charge in [-0.3, -0.25) is 9.59 Å². The van der Waals surface area contributed by atoms with Crippen molar-refractivity contribution in [3.8, 4) is 0 Å². The molecule has 1 unspecified atom stereocenters. The van der Waals surface area contributed by atoms with E-state index in [2.05, 4.69) is 15.3 Å². The lowest BCUT2D eigenvalue weighted by Gasteiger charge is -2.27. The minimum absolute atomic E-state index is 0.0455. The van der Waals surface area contributed by atoms with Crippen LogP contribution in [0.15, 0.2) is 4.79 Å². The quantitative estimate of drug-likeness (QED) is 0.725. The number of hydrogen-bond donors (Lipinski definition) is 3. The standard InChI is InChI=1S/C15H25N3O3/c1-9(2)15(5,21)8-16-13(19)7-6-12-10(3)17-11(4)18-14(12)20/h9,21H,6-8H2,1-5H3,(H,16,19)(H,17,18,20). The second kappa shape index (κ2) is 6.85. The van der Waals surface area contributed by atoms with Crippen LogP contribution in [0.25, 0.3) is 0 Å². The van der Waals surface area contributed by atoms with Gasteiger partial charge in [-0.15, -0.1) is 0 Å². The molecule has 118 valence electrons. The molecule has 6 heteroatoms. The number of aryl methyl sites for hydroxylation is 2. The summed E-state index contributed by atoms with van der Waals surface area (Å²) in [7, 11) is 0. The molecular weight excluding hydrogens is 270 g/mol. The second-order valence-corrected chi connectivity index (χ2v) is 6.00. The van der Waals surface area contributed by atoms with Crippen LogP contribution in [-0.2, 0) is 11.2 Å². The number of aliphatic hydroxyl groups is 1.